The van der Waals surface area contributed by atoms with E-state index in [1.807, 2.05) is 25.1 Å². The standard InChI is InChI=1S/C14H22N2O/c1-4-17-14(12-8-6-5-7-9-12)13(16-15)10-11(2)3/h5-10,13-14,16H,4,15H2,1-3H3. The Morgan fingerprint density at radius 1 is 1.35 bits per heavy atom. The molecule has 3 N–H and O–H groups in total. The third-order valence-electron chi connectivity index (χ3n) is 2.51. The first-order valence-corrected chi connectivity index (χ1v) is 5.96. The first kappa shape index (κ1) is 13.9. The maximum absolute atomic E-state index is 5.79. The van der Waals surface area contributed by atoms with Crippen LogP contribution >= 0.6 is 0 Å². The molecule has 0 amide bonds. The van der Waals surface area contributed by atoms with Gasteiger partial charge >= 0.3 is 0 Å². The molecule has 0 aliphatic carbocycles. The summed E-state index contributed by atoms with van der Waals surface area (Å²) in [5.74, 6) is 5.61. The fourth-order valence-corrected chi connectivity index (χ4v) is 1.81. The summed E-state index contributed by atoms with van der Waals surface area (Å²) in [6.45, 7) is 6.76. The van der Waals surface area contributed by atoms with Gasteiger partial charge in [0.15, 0.2) is 0 Å². The fraction of sp³-hybridized carbons (Fsp3) is 0.429. The second-order valence-electron chi connectivity index (χ2n) is 4.22. The van der Waals surface area contributed by atoms with Crippen LogP contribution in [0.15, 0.2) is 42.0 Å². The minimum atomic E-state index is -0.0545. The zero-order valence-electron chi connectivity index (χ0n) is 10.8. The van der Waals surface area contributed by atoms with Crippen LogP contribution in [0.1, 0.15) is 32.4 Å². The van der Waals surface area contributed by atoms with Crippen molar-refractivity contribution in [2.75, 3.05) is 6.61 Å². The van der Waals surface area contributed by atoms with Crippen molar-refractivity contribution in [3.05, 3.63) is 47.5 Å². The molecule has 1 rings (SSSR count). The quantitative estimate of drug-likeness (QED) is 0.452. The van der Waals surface area contributed by atoms with Gasteiger partial charge in [-0.2, -0.15) is 0 Å². The van der Waals surface area contributed by atoms with E-state index in [1.165, 1.54) is 5.57 Å². The minimum Gasteiger partial charge on any atom is -0.372 e. The van der Waals surface area contributed by atoms with Gasteiger partial charge in [-0.05, 0) is 26.3 Å². The number of hydrogen-bond donors (Lipinski definition) is 2. The van der Waals surface area contributed by atoms with Crippen LogP contribution in [-0.2, 0) is 4.74 Å². The predicted octanol–water partition coefficient (Wildman–Crippen LogP) is 2.56. The van der Waals surface area contributed by atoms with E-state index in [0.29, 0.717) is 6.61 Å². The Hall–Kier alpha value is -1.16. The number of ether oxygens (including phenoxy) is 1. The molecule has 0 saturated heterocycles. The normalized spacial score (nSPS) is 14.1. The second-order valence-corrected chi connectivity index (χ2v) is 4.22. The molecule has 17 heavy (non-hydrogen) atoms. The van der Waals surface area contributed by atoms with E-state index in [1.54, 1.807) is 0 Å². The highest BCUT2D eigenvalue weighted by Crippen LogP contribution is 2.22. The summed E-state index contributed by atoms with van der Waals surface area (Å²) in [6, 6.07) is 10.1. The second kappa shape index (κ2) is 7.22. The summed E-state index contributed by atoms with van der Waals surface area (Å²) < 4.78 is 5.79. The summed E-state index contributed by atoms with van der Waals surface area (Å²) in [5, 5.41) is 0. The minimum absolute atomic E-state index is 0.0117. The van der Waals surface area contributed by atoms with Crippen LogP contribution in [0.4, 0.5) is 0 Å². The van der Waals surface area contributed by atoms with Gasteiger partial charge in [-0.3, -0.25) is 11.3 Å². The Morgan fingerprint density at radius 2 is 2.00 bits per heavy atom. The predicted molar refractivity (Wildman–Crippen MR) is 71.4 cm³/mol. The lowest BCUT2D eigenvalue weighted by atomic mass is 10.0. The molecule has 0 radical (unpaired) electrons. The highest BCUT2D eigenvalue weighted by atomic mass is 16.5. The van der Waals surface area contributed by atoms with Crippen molar-refractivity contribution in [1.82, 2.24) is 5.43 Å². The highest BCUT2D eigenvalue weighted by molar-refractivity contribution is 5.21. The molecular weight excluding hydrogens is 212 g/mol. The molecule has 0 spiro atoms. The molecule has 1 aromatic carbocycles. The lowest BCUT2D eigenvalue weighted by Gasteiger charge is -2.25. The summed E-state index contributed by atoms with van der Waals surface area (Å²) in [7, 11) is 0. The van der Waals surface area contributed by atoms with Crippen molar-refractivity contribution in [2.45, 2.75) is 32.9 Å². The first-order chi connectivity index (χ1) is 8.19. The number of allylic oxidation sites excluding steroid dienone is 1. The van der Waals surface area contributed by atoms with Gasteiger partial charge in [0.25, 0.3) is 0 Å². The van der Waals surface area contributed by atoms with Gasteiger partial charge in [0, 0.05) is 6.61 Å². The summed E-state index contributed by atoms with van der Waals surface area (Å²) in [5.41, 5.74) is 5.17. The zero-order valence-corrected chi connectivity index (χ0v) is 10.8. The first-order valence-electron chi connectivity index (χ1n) is 5.96. The molecule has 0 saturated carbocycles. The average Bonchev–Trinajstić information content (AvgIpc) is 2.34. The topological polar surface area (TPSA) is 47.3 Å². The third-order valence-corrected chi connectivity index (χ3v) is 2.51. The number of hydrogen-bond acceptors (Lipinski definition) is 3. The Kier molecular flexibility index (Phi) is 5.91. The van der Waals surface area contributed by atoms with Crippen LogP contribution in [0.25, 0.3) is 0 Å². The molecule has 0 aromatic heterocycles. The van der Waals surface area contributed by atoms with Crippen molar-refractivity contribution >= 4 is 0 Å². The smallest absolute Gasteiger partial charge is 0.103 e. The van der Waals surface area contributed by atoms with Crippen LogP contribution in [-0.4, -0.2) is 12.6 Å². The zero-order chi connectivity index (χ0) is 12.7. The van der Waals surface area contributed by atoms with E-state index in [2.05, 4.69) is 37.5 Å². The molecule has 2 unspecified atom stereocenters. The Balaban J connectivity index is 2.95. The van der Waals surface area contributed by atoms with Gasteiger partial charge in [0.2, 0.25) is 0 Å². The maximum atomic E-state index is 5.79. The summed E-state index contributed by atoms with van der Waals surface area (Å²) in [4.78, 5) is 0. The number of rotatable bonds is 6. The van der Waals surface area contributed by atoms with Crippen LogP contribution in [0.5, 0.6) is 0 Å². The van der Waals surface area contributed by atoms with Gasteiger partial charge in [0.05, 0.1) is 6.04 Å². The molecule has 3 nitrogen and oxygen atoms in total. The van der Waals surface area contributed by atoms with Gasteiger partial charge in [-0.1, -0.05) is 42.0 Å². The van der Waals surface area contributed by atoms with E-state index in [9.17, 15) is 0 Å². The average molecular weight is 234 g/mol. The Morgan fingerprint density at radius 3 is 2.47 bits per heavy atom. The number of nitrogens with one attached hydrogen (secondary N) is 1. The van der Waals surface area contributed by atoms with E-state index in [-0.39, 0.29) is 12.1 Å². The van der Waals surface area contributed by atoms with Crippen LogP contribution in [0, 0.1) is 0 Å². The van der Waals surface area contributed by atoms with Crippen molar-refractivity contribution < 1.29 is 4.74 Å². The van der Waals surface area contributed by atoms with E-state index >= 15 is 0 Å². The van der Waals surface area contributed by atoms with Gasteiger partial charge in [-0.25, -0.2) is 0 Å². The Bertz CT molecular complexity index is 344. The summed E-state index contributed by atoms with van der Waals surface area (Å²) >= 11 is 0. The highest BCUT2D eigenvalue weighted by Gasteiger charge is 2.20. The SMILES string of the molecule is CCOC(c1ccccc1)C(C=C(C)C)NN. The molecule has 2 atom stereocenters. The fourth-order valence-electron chi connectivity index (χ4n) is 1.81. The van der Waals surface area contributed by atoms with E-state index < -0.39 is 0 Å². The number of nitrogens with two attached hydrogens (primary N) is 1. The lowest BCUT2D eigenvalue weighted by Crippen LogP contribution is -2.39. The van der Waals surface area contributed by atoms with Crippen LogP contribution < -0.4 is 11.3 Å². The Labute approximate surface area is 104 Å². The molecule has 94 valence electrons. The van der Waals surface area contributed by atoms with Crippen molar-refractivity contribution in [3.63, 3.8) is 0 Å². The van der Waals surface area contributed by atoms with Crippen molar-refractivity contribution in [1.29, 1.82) is 0 Å². The van der Waals surface area contributed by atoms with Gasteiger partial charge < -0.3 is 4.74 Å². The van der Waals surface area contributed by atoms with Crippen LogP contribution in [0.3, 0.4) is 0 Å². The van der Waals surface area contributed by atoms with Crippen LogP contribution in [0.2, 0.25) is 0 Å². The van der Waals surface area contributed by atoms with Crippen molar-refractivity contribution in [2.24, 2.45) is 5.84 Å². The maximum Gasteiger partial charge on any atom is 0.103 e. The molecule has 0 bridgehead atoms. The monoisotopic (exact) mass is 234 g/mol. The van der Waals surface area contributed by atoms with Crippen molar-refractivity contribution in [3.8, 4) is 0 Å². The molecular formula is C14H22N2O. The molecule has 3 heteroatoms. The molecule has 0 aliphatic rings. The number of hydrazine groups is 1. The van der Waals surface area contributed by atoms with Gasteiger partial charge in [0.1, 0.15) is 6.10 Å². The molecule has 0 aliphatic heterocycles. The molecule has 1 aromatic rings. The lowest BCUT2D eigenvalue weighted by molar-refractivity contribution is 0.0448. The molecule has 0 fully saturated rings. The summed E-state index contributed by atoms with van der Waals surface area (Å²) in [6.07, 6.45) is 2.04. The molecule has 0 heterocycles. The van der Waals surface area contributed by atoms with E-state index in [4.69, 9.17) is 10.6 Å². The van der Waals surface area contributed by atoms with E-state index in [0.717, 1.165) is 5.56 Å². The largest absolute Gasteiger partial charge is 0.372 e. The third kappa shape index (κ3) is 4.30. The van der Waals surface area contributed by atoms with Gasteiger partial charge in [-0.15, -0.1) is 0 Å². The number of benzene rings is 1.